The van der Waals surface area contributed by atoms with Gasteiger partial charge < -0.3 is 10.1 Å². The number of hydrogen-bond donors (Lipinski definition) is 1. The van der Waals surface area contributed by atoms with Gasteiger partial charge in [-0.05, 0) is 76.5 Å². The minimum Gasteiger partial charge on any atom is -0.488 e. The topological polar surface area (TPSA) is 58.6 Å². The van der Waals surface area contributed by atoms with Crippen molar-refractivity contribution in [1.82, 2.24) is 5.32 Å². The normalized spacial score (nSPS) is 14.8. The average Bonchev–Trinajstić information content (AvgIpc) is 3.01. The Bertz CT molecular complexity index is 1190. The molecular formula is C24H18BrClN2O3. The second kappa shape index (κ2) is 8.96. The Morgan fingerprint density at radius 1 is 1.06 bits per heavy atom. The summed E-state index contributed by atoms with van der Waals surface area (Å²) in [7, 11) is 0. The number of ether oxygens (including phenoxy) is 1. The van der Waals surface area contributed by atoms with Gasteiger partial charge in [-0.2, -0.15) is 0 Å². The zero-order chi connectivity index (χ0) is 22.0. The lowest BCUT2D eigenvalue weighted by Gasteiger charge is -2.11. The van der Waals surface area contributed by atoms with E-state index in [1.165, 1.54) is 5.56 Å². The Labute approximate surface area is 193 Å². The third kappa shape index (κ3) is 4.81. The predicted molar refractivity (Wildman–Crippen MR) is 125 cm³/mol. The van der Waals surface area contributed by atoms with Crippen molar-refractivity contribution in [1.29, 1.82) is 0 Å². The van der Waals surface area contributed by atoms with Crippen LogP contribution in [0, 0.1) is 6.92 Å². The average molecular weight is 498 g/mol. The molecule has 0 spiro atoms. The van der Waals surface area contributed by atoms with Gasteiger partial charge in [0.1, 0.15) is 18.1 Å². The number of amides is 3. The van der Waals surface area contributed by atoms with Crippen LogP contribution in [0.2, 0.25) is 5.02 Å². The number of hydrogen-bond acceptors (Lipinski definition) is 3. The Morgan fingerprint density at radius 3 is 2.55 bits per heavy atom. The van der Waals surface area contributed by atoms with Crippen molar-refractivity contribution in [3.8, 4) is 5.75 Å². The van der Waals surface area contributed by atoms with Gasteiger partial charge in [0.15, 0.2) is 0 Å². The van der Waals surface area contributed by atoms with Crippen molar-refractivity contribution in [3.63, 3.8) is 0 Å². The summed E-state index contributed by atoms with van der Waals surface area (Å²) in [5, 5.41) is 3.15. The van der Waals surface area contributed by atoms with Crippen molar-refractivity contribution in [2.24, 2.45) is 0 Å². The summed E-state index contributed by atoms with van der Waals surface area (Å²) >= 11 is 9.41. The number of benzene rings is 3. The molecule has 1 heterocycles. The number of rotatable bonds is 5. The molecule has 3 aromatic rings. The smallest absolute Gasteiger partial charge is 0.333 e. The number of aryl methyl sites for hydroxylation is 1. The van der Waals surface area contributed by atoms with E-state index in [9.17, 15) is 9.59 Å². The van der Waals surface area contributed by atoms with Crippen LogP contribution in [0.15, 0.2) is 76.9 Å². The van der Waals surface area contributed by atoms with E-state index in [0.29, 0.717) is 23.1 Å². The van der Waals surface area contributed by atoms with Gasteiger partial charge in [0.05, 0.1) is 10.2 Å². The number of imide groups is 1. The maximum atomic E-state index is 12.7. The molecule has 1 aliphatic heterocycles. The van der Waals surface area contributed by atoms with Crippen LogP contribution in [-0.4, -0.2) is 11.9 Å². The molecule has 4 rings (SSSR count). The van der Waals surface area contributed by atoms with E-state index in [2.05, 4.69) is 27.3 Å². The maximum Gasteiger partial charge on any atom is 0.333 e. The van der Waals surface area contributed by atoms with Crippen molar-refractivity contribution in [2.45, 2.75) is 13.5 Å². The van der Waals surface area contributed by atoms with Gasteiger partial charge in [0, 0.05) is 5.02 Å². The van der Waals surface area contributed by atoms with E-state index in [1.807, 2.05) is 43.3 Å². The SMILES string of the molecule is Cc1cccc(COc2ccc(/C=C3/NC(=O)N(c4ccc(Cl)cc4)C3=O)cc2Br)c1. The Balaban J connectivity index is 1.49. The first kappa shape index (κ1) is 21.2. The number of halogens is 2. The molecule has 0 atom stereocenters. The van der Waals surface area contributed by atoms with Gasteiger partial charge in [-0.3, -0.25) is 4.79 Å². The van der Waals surface area contributed by atoms with Crippen LogP contribution in [0.3, 0.4) is 0 Å². The largest absolute Gasteiger partial charge is 0.488 e. The minimum atomic E-state index is -0.504. The molecule has 0 radical (unpaired) electrons. The first-order chi connectivity index (χ1) is 14.9. The van der Waals surface area contributed by atoms with Crippen LogP contribution < -0.4 is 15.0 Å². The predicted octanol–water partition coefficient (Wildman–Crippen LogP) is 6.09. The van der Waals surface area contributed by atoms with Gasteiger partial charge >= 0.3 is 6.03 Å². The molecule has 0 aromatic heterocycles. The highest BCUT2D eigenvalue weighted by Crippen LogP contribution is 2.29. The fourth-order valence-corrected chi connectivity index (χ4v) is 3.85. The monoisotopic (exact) mass is 496 g/mol. The van der Waals surface area contributed by atoms with Gasteiger partial charge in [0.2, 0.25) is 0 Å². The Hall–Kier alpha value is -3.09. The summed E-state index contributed by atoms with van der Waals surface area (Å²) in [5.74, 6) is 0.261. The first-order valence-electron chi connectivity index (χ1n) is 9.51. The first-order valence-corrected chi connectivity index (χ1v) is 10.7. The molecule has 5 nitrogen and oxygen atoms in total. The highest BCUT2D eigenvalue weighted by molar-refractivity contribution is 9.10. The zero-order valence-electron chi connectivity index (χ0n) is 16.6. The van der Waals surface area contributed by atoms with Crippen LogP contribution in [0.4, 0.5) is 10.5 Å². The third-order valence-corrected chi connectivity index (χ3v) is 5.58. The van der Waals surface area contributed by atoms with Crippen LogP contribution in [0.5, 0.6) is 5.75 Å². The van der Waals surface area contributed by atoms with Crippen molar-refractivity contribution in [3.05, 3.63) is 98.6 Å². The van der Waals surface area contributed by atoms with Gasteiger partial charge in [-0.1, -0.05) is 47.5 Å². The van der Waals surface area contributed by atoms with E-state index in [4.69, 9.17) is 16.3 Å². The van der Waals surface area contributed by atoms with Crippen molar-refractivity contribution in [2.75, 3.05) is 4.90 Å². The molecule has 3 aromatic carbocycles. The van der Waals surface area contributed by atoms with E-state index in [0.717, 1.165) is 20.5 Å². The highest BCUT2D eigenvalue weighted by Gasteiger charge is 2.34. The molecule has 1 saturated heterocycles. The molecule has 3 amide bonds. The molecule has 1 N–H and O–H groups in total. The van der Waals surface area contributed by atoms with E-state index >= 15 is 0 Å². The van der Waals surface area contributed by atoms with Gasteiger partial charge in [-0.15, -0.1) is 0 Å². The lowest BCUT2D eigenvalue weighted by Crippen LogP contribution is -2.30. The van der Waals surface area contributed by atoms with Crippen molar-refractivity contribution < 1.29 is 14.3 Å². The molecule has 1 aliphatic rings. The summed E-state index contributed by atoms with van der Waals surface area (Å²) < 4.78 is 6.65. The third-order valence-electron chi connectivity index (χ3n) is 4.71. The standard InChI is InChI=1S/C24H18BrClN2O3/c1-15-3-2-4-17(11-15)14-31-22-10-5-16(12-20(22)25)13-21-23(29)28(24(30)27-21)19-8-6-18(26)7-9-19/h2-13H,14H2,1H3,(H,27,30)/b21-13+. The van der Waals surface area contributed by atoms with Crippen LogP contribution in [-0.2, 0) is 11.4 Å². The second-order valence-electron chi connectivity index (χ2n) is 7.07. The van der Waals surface area contributed by atoms with Gasteiger partial charge in [0.25, 0.3) is 5.91 Å². The van der Waals surface area contributed by atoms with Crippen LogP contribution >= 0.6 is 27.5 Å². The fourth-order valence-electron chi connectivity index (χ4n) is 3.21. The van der Waals surface area contributed by atoms with Gasteiger partial charge in [-0.25, -0.2) is 9.69 Å². The van der Waals surface area contributed by atoms with E-state index < -0.39 is 11.9 Å². The molecule has 0 aliphatic carbocycles. The number of carbonyl (C=O) groups is 2. The number of nitrogens with zero attached hydrogens (tertiary/aromatic N) is 1. The van der Waals surface area contributed by atoms with Crippen molar-refractivity contribution >= 4 is 51.2 Å². The molecule has 1 fully saturated rings. The Morgan fingerprint density at radius 2 is 1.84 bits per heavy atom. The van der Waals surface area contributed by atoms with E-state index in [-0.39, 0.29) is 5.70 Å². The summed E-state index contributed by atoms with van der Waals surface area (Å²) in [6, 6.07) is 19.6. The minimum absolute atomic E-state index is 0.195. The number of anilines is 1. The lowest BCUT2D eigenvalue weighted by atomic mass is 10.1. The van der Waals surface area contributed by atoms with Crippen LogP contribution in [0.25, 0.3) is 6.08 Å². The molecule has 156 valence electrons. The number of nitrogens with one attached hydrogen (secondary N) is 1. The second-order valence-corrected chi connectivity index (χ2v) is 8.36. The molecule has 7 heteroatoms. The summed E-state index contributed by atoms with van der Waals surface area (Å²) in [6.07, 6.45) is 1.63. The van der Waals surface area contributed by atoms with Crippen LogP contribution in [0.1, 0.15) is 16.7 Å². The molecular weight excluding hydrogens is 480 g/mol. The zero-order valence-corrected chi connectivity index (χ0v) is 18.9. The quantitative estimate of drug-likeness (QED) is 0.343. The molecule has 0 bridgehead atoms. The lowest BCUT2D eigenvalue weighted by molar-refractivity contribution is -0.113. The summed E-state index contributed by atoms with van der Waals surface area (Å²) in [5.41, 5.74) is 3.66. The molecule has 0 saturated carbocycles. The highest BCUT2D eigenvalue weighted by atomic mass is 79.9. The maximum absolute atomic E-state index is 12.7. The fraction of sp³-hybridized carbons (Fsp3) is 0.0833. The molecule has 0 unspecified atom stereocenters. The Kier molecular flexibility index (Phi) is 6.11. The summed E-state index contributed by atoms with van der Waals surface area (Å²) in [4.78, 5) is 26.2. The summed E-state index contributed by atoms with van der Waals surface area (Å²) in [6.45, 7) is 2.49. The number of carbonyl (C=O) groups excluding carboxylic acids is 2. The van der Waals surface area contributed by atoms with E-state index in [1.54, 1.807) is 30.3 Å². The number of urea groups is 1. The molecule has 31 heavy (non-hydrogen) atoms.